The average Bonchev–Trinajstić information content (AvgIpc) is 3.21. The highest BCUT2D eigenvalue weighted by molar-refractivity contribution is 7.14. The first-order valence-electron chi connectivity index (χ1n) is 7.77. The van der Waals surface area contributed by atoms with Crippen LogP contribution in [0.4, 0.5) is 5.13 Å². The summed E-state index contributed by atoms with van der Waals surface area (Å²) in [6.07, 6.45) is 3.18. The van der Waals surface area contributed by atoms with E-state index >= 15 is 0 Å². The Morgan fingerprint density at radius 1 is 1.36 bits per heavy atom. The van der Waals surface area contributed by atoms with Crippen LogP contribution in [0.15, 0.2) is 23.8 Å². The predicted molar refractivity (Wildman–Crippen MR) is 93.9 cm³/mol. The summed E-state index contributed by atoms with van der Waals surface area (Å²) in [7, 11) is 0. The molecule has 0 saturated heterocycles. The quantitative estimate of drug-likeness (QED) is 0.703. The van der Waals surface area contributed by atoms with Crippen molar-refractivity contribution in [1.82, 2.24) is 19.7 Å². The number of hydrogen-bond acceptors (Lipinski definition) is 7. The zero-order chi connectivity index (χ0) is 18.0. The van der Waals surface area contributed by atoms with Crippen molar-refractivity contribution >= 4 is 39.4 Å². The minimum absolute atomic E-state index is 0.175. The molecule has 25 heavy (non-hydrogen) atoms. The van der Waals surface area contributed by atoms with Crippen LogP contribution in [0.3, 0.4) is 0 Å². The smallest absolute Gasteiger partial charge is 0.357 e. The number of ether oxygens (including phenoxy) is 1. The van der Waals surface area contributed by atoms with Crippen molar-refractivity contribution in [1.29, 1.82) is 0 Å². The third-order valence-electron chi connectivity index (χ3n) is 3.39. The lowest BCUT2D eigenvalue weighted by Gasteiger charge is -2.06. The van der Waals surface area contributed by atoms with E-state index in [1.54, 1.807) is 29.2 Å². The predicted octanol–water partition coefficient (Wildman–Crippen LogP) is 2.90. The maximum absolute atomic E-state index is 12.4. The van der Waals surface area contributed by atoms with E-state index in [1.807, 2.05) is 13.8 Å². The van der Waals surface area contributed by atoms with Gasteiger partial charge in [-0.3, -0.25) is 10.1 Å². The molecule has 3 aromatic heterocycles. The third-order valence-corrected chi connectivity index (χ3v) is 4.15. The molecule has 0 aromatic carbocycles. The molecule has 0 atom stereocenters. The number of fused-ring (bicyclic) bond motifs is 1. The van der Waals surface area contributed by atoms with Gasteiger partial charge in [0, 0.05) is 23.0 Å². The van der Waals surface area contributed by atoms with Gasteiger partial charge in [-0.2, -0.15) is 5.10 Å². The summed E-state index contributed by atoms with van der Waals surface area (Å²) in [6, 6.07) is 1.91. The molecule has 8 nitrogen and oxygen atoms in total. The fourth-order valence-electron chi connectivity index (χ4n) is 2.24. The zero-order valence-electron chi connectivity index (χ0n) is 14.0. The van der Waals surface area contributed by atoms with Gasteiger partial charge in [-0.15, -0.1) is 11.3 Å². The van der Waals surface area contributed by atoms with Gasteiger partial charge in [0.1, 0.15) is 0 Å². The number of nitrogens with zero attached hydrogens (tertiary/aromatic N) is 4. The van der Waals surface area contributed by atoms with Crippen LogP contribution in [0, 0.1) is 0 Å². The maximum Gasteiger partial charge on any atom is 0.357 e. The van der Waals surface area contributed by atoms with Crippen LogP contribution in [-0.4, -0.2) is 38.2 Å². The molecule has 0 spiro atoms. The SMILES string of the molecule is CCOC(=O)c1csc(NC(=O)c2cnc3c(cnn3C(C)C)c2)n1. The van der Waals surface area contributed by atoms with Gasteiger partial charge >= 0.3 is 5.97 Å². The highest BCUT2D eigenvalue weighted by Gasteiger charge is 2.15. The minimum atomic E-state index is -0.511. The lowest BCUT2D eigenvalue weighted by molar-refractivity contribution is 0.0520. The topological polar surface area (TPSA) is 99.0 Å². The molecule has 3 aromatic rings. The van der Waals surface area contributed by atoms with Crippen molar-refractivity contribution in [2.24, 2.45) is 0 Å². The monoisotopic (exact) mass is 359 g/mol. The number of hydrogen-bond donors (Lipinski definition) is 1. The van der Waals surface area contributed by atoms with E-state index in [0.717, 1.165) is 22.4 Å². The highest BCUT2D eigenvalue weighted by Crippen LogP contribution is 2.19. The molecule has 0 radical (unpaired) electrons. The molecular formula is C16H17N5O3S. The number of nitrogens with one attached hydrogen (secondary N) is 1. The van der Waals surface area contributed by atoms with Gasteiger partial charge in [0.25, 0.3) is 5.91 Å². The van der Waals surface area contributed by atoms with E-state index in [1.165, 1.54) is 6.20 Å². The molecule has 0 saturated carbocycles. The number of rotatable bonds is 5. The van der Waals surface area contributed by atoms with E-state index < -0.39 is 5.97 Å². The lowest BCUT2D eigenvalue weighted by Crippen LogP contribution is -2.13. The second kappa shape index (κ2) is 6.98. The number of anilines is 1. The number of carbonyl (C=O) groups excluding carboxylic acids is 2. The first kappa shape index (κ1) is 17.0. The molecule has 0 aliphatic heterocycles. The zero-order valence-corrected chi connectivity index (χ0v) is 14.8. The van der Waals surface area contributed by atoms with Gasteiger partial charge in [0.2, 0.25) is 0 Å². The summed E-state index contributed by atoms with van der Waals surface area (Å²) in [5.74, 6) is -0.861. The Hall–Kier alpha value is -2.81. The summed E-state index contributed by atoms with van der Waals surface area (Å²) < 4.78 is 6.67. The Morgan fingerprint density at radius 3 is 2.88 bits per heavy atom. The highest BCUT2D eigenvalue weighted by atomic mass is 32.1. The van der Waals surface area contributed by atoms with Gasteiger partial charge in [-0.25, -0.2) is 19.4 Å². The number of amides is 1. The van der Waals surface area contributed by atoms with Crippen LogP contribution in [-0.2, 0) is 4.74 Å². The Bertz CT molecular complexity index is 931. The van der Waals surface area contributed by atoms with Crippen molar-refractivity contribution < 1.29 is 14.3 Å². The van der Waals surface area contributed by atoms with E-state index in [9.17, 15) is 9.59 Å². The van der Waals surface area contributed by atoms with Crippen molar-refractivity contribution in [3.05, 3.63) is 35.1 Å². The normalized spacial score (nSPS) is 11.0. The molecular weight excluding hydrogens is 342 g/mol. The number of esters is 1. The van der Waals surface area contributed by atoms with Gasteiger partial charge in [0.05, 0.1) is 18.4 Å². The van der Waals surface area contributed by atoms with E-state index in [0.29, 0.717) is 10.7 Å². The van der Waals surface area contributed by atoms with E-state index in [2.05, 4.69) is 20.4 Å². The Kier molecular flexibility index (Phi) is 4.75. The van der Waals surface area contributed by atoms with Gasteiger partial charge in [-0.05, 0) is 26.8 Å². The Balaban J connectivity index is 1.77. The number of carbonyl (C=O) groups is 2. The van der Waals surface area contributed by atoms with Crippen LogP contribution < -0.4 is 5.32 Å². The molecule has 1 N–H and O–H groups in total. The summed E-state index contributed by atoms with van der Waals surface area (Å²) in [5.41, 5.74) is 1.29. The molecule has 0 unspecified atom stereocenters. The summed E-state index contributed by atoms with van der Waals surface area (Å²) in [4.78, 5) is 32.4. The first-order valence-corrected chi connectivity index (χ1v) is 8.64. The molecule has 0 fully saturated rings. The molecule has 0 aliphatic carbocycles. The van der Waals surface area contributed by atoms with Crippen molar-refractivity contribution in [2.75, 3.05) is 11.9 Å². The number of pyridine rings is 1. The van der Waals surface area contributed by atoms with Crippen molar-refractivity contribution in [2.45, 2.75) is 26.8 Å². The average molecular weight is 359 g/mol. The van der Waals surface area contributed by atoms with E-state index in [-0.39, 0.29) is 24.2 Å². The fraction of sp³-hybridized carbons (Fsp3) is 0.312. The third kappa shape index (κ3) is 3.50. The standard InChI is InChI=1S/C16H17N5O3S/c1-4-24-15(23)12-8-25-16(19-12)20-14(22)11-5-10-7-18-21(9(2)3)13(10)17-6-11/h5-9H,4H2,1-3H3,(H,19,20,22). The molecule has 3 heterocycles. The number of aromatic nitrogens is 4. The van der Waals surface area contributed by atoms with Crippen LogP contribution in [0.1, 0.15) is 47.7 Å². The van der Waals surface area contributed by atoms with Gasteiger partial charge < -0.3 is 4.74 Å². The van der Waals surface area contributed by atoms with Gasteiger partial charge in [0.15, 0.2) is 16.5 Å². The van der Waals surface area contributed by atoms with Crippen LogP contribution >= 0.6 is 11.3 Å². The summed E-state index contributed by atoms with van der Waals surface area (Å²) >= 11 is 1.16. The van der Waals surface area contributed by atoms with Crippen LogP contribution in [0.2, 0.25) is 0 Å². The Morgan fingerprint density at radius 2 is 2.16 bits per heavy atom. The molecule has 0 bridgehead atoms. The molecule has 9 heteroatoms. The summed E-state index contributed by atoms with van der Waals surface area (Å²) in [6.45, 7) is 6.02. The van der Waals surface area contributed by atoms with Crippen molar-refractivity contribution in [3.8, 4) is 0 Å². The molecule has 130 valence electrons. The second-order valence-corrected chi connectivity index (χ2v) is 6.39. The Labute approximate surface area is 147 Å². The first-order chi connectivity index (χ1) is 12.0. The second-order valence-electron chi connectivity index (χ2n) is 5.53. The van der Waals surface area contributed by atoms with Gasteiger partial charge in [-0.1, -0.05) is 0 Å². The molecule has 1 amide bonds. The fourth-order valence-corrected chi connectivity index (χ4v) is 2.92. The minimum Gasteiger partial charge on any atom is -0.461 e. The summed E-state index contributed by atoms with van der Waals surface area (Å²) in [5, 5.41) is 9.60. The lowest BCUT2D eigenvalue weighted by atomic mass is 10.2. The molecule has 3 rings (SSSR count). The largest absolute Gasteiger partial charge is 0.461 e. The maximum atomic E-state index is 12.4. The van der Waals surface area contributed by atoms with Crippen LogP contribution in [0.25, 0.3) is 11.0 Å². The van der Waals surface area contributed by atoms with Crippen LogP contribution in [0.5, 0.6) is 0 Å². The molecule has 0 aliphatic rings. The van der Waals surface area contributed by atoms with Crippen molar-refractivity contribution in [3.63, 3.8) is 0 Å². The van der Waals surface area contributed by atoms with E-state index in [4.69, 9.17) is 4.74 Å². The number of thiazole rings is 1.